The Morgan fingerprint density at radius 2 is 1.89 bits per heavy atom. The molecule has 0 saturated carbocycles. The molecular weight excluding hydrogens is 392 g/mol. The molecule has 2 aromatic carbocycles. The van der Waals surface area contributed by atoms with Crippen molar-refractivity contribution in [2.24, 2.45) is 0 Å². The molecule has 1 heterocycles. The average Bonchev–Trinajstić information content (AvgIpc) is 2.92. The summed E-state index contributed by atoms with van der Waals surface area (Å²) in [5.41, 5.74) is 0.278. The molecule has 0 aliphatic carbocycles. The van der Waals surface area contributed by atoms with Gasteiger partial charge in [0.1, 0.15) is 11.0 Å². The van der Waals surface area contributed by atoms with Crippen molar-refractivity contribution in [1.82, 2.24) is 0 Å². The van der Waals surface area contributed by atoms with Crippen LogP contribution < -0.4 is 4.74 Å². The number of hydrogen-bond acceptors (Lipinski definition) is 7. The van der Waals surface area contributed by atoms with E-state index in [4.69, 9.17) is 9.47 Å². The summed E-state index contributed by atoms with van der Waals surface area (Å²) in [6.45, 7) is 1.58. The summed E-state index contributed by atoms with van der Waals surface area (Å²) >= 11 is 0. The van der Waals surface area contributed by atoms with E-state index < -0.39 is 31.6 Å². The predicted octanol–water partition coefficient (Wildman–Crippen LogP) is 3.27. The van der Waals surface area contributed by atoms with E-state index in [0.717, 1.165) is 0 Å². The summed E-state index contributed by atoms with van der Waals surface area (Å²) in [4.78, 5) is 11.7. The first kappa shape index (κ1) is 19.7. The maximum atomic E-state index is 13.0. The average molecular weight is 412 g/mol. The van der Waals surface area contributed by atoms with Gasteiger partial charge >= 0.3 is 5.97 Å². The van der Waals surface area contributed by atoms with Crippen LogP contribution in [0.4, 0.5) is 0 Å². The molecule has 0 fully saturated rings. The number of benzene rings is 2. The minimum absolute atomic E-state index is 0.107. The van der Waals surface area contributed by atoms with Gasteiger partial charge in [-0.05, 0) is 42.8 Å². The van der Waals surface area contributed by atoms with Crippen LogP contribution in [0.15, 0.2) is 58.3 Å². The zero-order chi connectivity index (χ0) is 19.7. The highest BCUT2D eigenvalue weighted by Gasteiger charge is 2.43. The minimum Gasteiger partial charge on any atom is -0.482 e. The van der Waals surface area contributed by atoms with Crippen LogP contribution in [0.25, 0.3) is 0 Å². The minimum atomic E-state index is -3.83. The van der Waals surface area contributed by atoms with Gasteiger partial charge in [0, 0.05) is 0 Å². The Kier molecular flexibility index (Phi) is 5.48. The second-order valence-corrected chi connectivity index (χ2v) is 10.2. The SMILES string of the molecule is CCOC(=O)COc1ccc2c(c1)C(S(=O)(=O)c1ccccc1)CS2(O)O. The Morgan fingerprint density at radius 3 is 2.56 bits per heavy atom. The normalized spacial score (nSPS) is 19.1. The van der Waals surface area contributed by atoms with Crippen LogP contribution in [0.2, 0.25) is 0 Å². The van der Waals surface area contributed by atoms with Gasteiger partial charge in [0.25, 0.3) is 0 Å². The van der Waals surface area contributed by atoms with Crippen molar-refractivity contribution < 1.29 is 31.8 Å². The molecule has 3 rings (SSSR count). The Bertz CT molecular complexity index is 939. The lowest BCUT2D eigenvalue weighted by atomic mass is 10.1. The summed E-state index contributed by atoms with van der Waals surface area (Å²) in [7, 11) is -7.06. The fourth-order valence-corrected chi connectivity index (χ4v) is 7.33. The van der Waals surface area contributed by atoms with Gasteiger partial charge in [-0.3, -0.25) is 9.11 Å². The highest BCUT2D eigenvalue weighted by Crippen LogP contribution is 2.61. The molecule has 1 atom stereocenters. The second-order valence-electron chi connectivity index (χ2n) is 5.97. The lowest BCUT2D eigenvalue weighted by Gasteiger charge is -2.27. The molecule has 0 saturated heterocycles. The number of fused-ring (bicyclic) bond motifs is 1. The van der Waals surface area contributed by atoms with E-state index in [1.165, 1.54) is 30.3 Å². The van der Waals surface area contributed by atoms with Gasteiger partial charge in [0.05, 0.1) is 22.2 Å². The molecule has 0 spiro atoms. The molecule has 146 valence electrons. The predicted molar refractivity (Wildman–Crippen MR) is 101 cm³/mol. The summed E-state index contributed by atoms with van der Waals surface area (Å²) in [5, 5.41) is -1.11. The molecule has 1 aliphatic rings. The number of esters is 1. The van der Waals surface area contributed by atoms with Gasteiger partial charge in [-0.25, -0.2) is 13.2 Å². The maximum Gasteiger partial charge on any atom is 0.344 e. The first-order valence-electron chi connectivity index (χ1n) is 8.23. The molecule has 1 unspecified atom stereocenters. The van der Waals surface area contributed by atoms with Crippen molar-refractivity contribution in [2.75, 3.05) is 19.0 Å². The van der Waals surface area contributed by atoms with E-state index in [0.29, 0.717) is 0 Å². The number of sulfone groups is 1. The third kappa shape index (κ3) is 3.96. The van der Waals surface area contributed by atoms with Gasteiger partial charge in [-0.15, -0.1) is 0 Å². The van der Waals surface area contributed by atoms with Gasteiger partial charge in [0.2, 0.25) is 0 Å². The van der Waals surface area contributed by atoms with Gasteiger partial charge in [0.15, 0.2) is 16.4 Å². The van der Waals surface area contributed by atoms with Crippen LogP contribution in [0.1, 0.15) is 17.7 Å². The standard InChI is InChI=1S/C18H20O7S2/c1-2-24-18(19)11-25-13-8-9-16-15(10-13)17(12-26(16,20)21)27(22,23)14-6-4-3-5-7-14/h3-10,17,20-21H,2,11-12H2,1H3. The van der Waals surface area contributed by atoms with Crippen molar-refractivity contribution in [1.29, 1.82) is 0 Å². The second kappa shape index (κ2) is 7.51. The van der Waals surface area contributed by atoms with E-state index in [1.807, 2.05) is 0 Å². The molecule has 0 bridgehead atoms. The van der Waals surface area contributed by atoms with Crippen molar-refractivity contribution in [3.8, 4) is 5.75 Å². The highest BCUT2D eigenvalue weighted by atomic mass is 32.3. The zero-order valence-electron chi connectivity index (χ0n) is 14.6. The van der Waals surface area contributed by atoms with Crippen LogP contribution >= 0.6 is 10.6 Å². The van der Waals surface area contributed by atoms with Crippen LogP contribution in [0.5, 0.6) is 5.75 Å². The summed E-state index contributed by atoms with van der Waals surface area (Å²) in [6, 6.07) is 12.2. The van der Waals surface area contributed by atoms with Crippen LogP contribution in [-0.2, 0) is 19.4 Å². The number of hydrogen-bond donors (Lipinski definition) is 2. The smallest absolute Gasteiger partial charge is 0.344 e. The summed E-state index contributed by atoms with van der Waals surface area (Å²) in [5.74, 6) is -0.594. The quantitative estimate of drug-likeness (QED) is 0.701. The van der Waals surface area contributed by atoms with E-state index in [-0.39, 0.29) is 40.1 Å². The summed E-state index contributed by atoms with van der Waals surface area (Å²) in [6.07, 6.45) is 0. The Morgan fingerprint density at radius 1 is 1.19 bits per heavy atom. The fraction of sp³-hybridized carbons (Fsp3) is 0.278. The van der Waals surface area contributed by atoms with Gasteiger partial charge in [-0.2, -0.15) is 10.6 Å². The van der Waals surface area contributed by atoms with Gasteiger partial charge < -0.3 is 9.47 Å². The molecule has 1 aliphatic heterocycles. The molecule has 27 heavy (non-hydrogen) atoms. The third-order valence-electron chi connectivity index (χ3n) is 4.17. The van der Waals surface area contributed by atoms with Crippen molar-refractivity contribution in [3.63, 3.8) is 0 Å². The van der Waals surface area contributed by atoms with Crippen molar-refractivity contribution in [3.05, 3.63) is 54.1 Å². The zero-order valence-corrected chi connectivity index (χ0v) is 16.2. The molecule has 0 amide bonds. The number of ether oxygens (including phenoxy) is 2. The van der Waals surface area contributed by atoms with Crippen LogP contribution in [-0.4, -0.2) is 42.5 Å². The number of carbonyl (C=O) groups excluding carboxylic acids is 1. The molecule has 7 nitrogen and oxygen atoms in total. The number of carbonyl (C=O) groups is 1. The molecule has 9 heteroatoms. The van der Waals surface area contributed by atoms with Crippen LogP contribution in [0, 0.1) is 0 Å². The molecule has 0 aromatic heterocycles. The van der Waals surface area contributed by atoms with E-state index >= 15 is 0 Å². The Labute approximate surface area is 159 Å². The molecular formula is C18H20O7S2. The Hall–Kier alpha value is -2.07. The monoisotopic (exact) mass is 412 g/mol. The molecule has 2 aromatic rings. The van der Waals surface area contributed by atoms with E-state index in [2.05, 4.69) is 0 Å². The number of rotatable bonds is 6. The summed E-state index contributed by atoms with van der Waals surface area (Å²) < 4.78 is 56.9. The first-order chi connectivity index (χ1) is 12.8. The fourth-order valence-electron chi connectivity index (χ4n) is 2.93. The highest BCUT2D eigenvalue weighted by molar-refractivity contribution is 8.25. The topological polar surface area (TPSA) is 110 Å². The third-order valence-corrected chi connectivity index (χ3v) is 8.36. The largest absolute Gasteiger partial charge is 0.482 e. The Balaban J connectivity index is 1.95. The van der Waals surface area contributed by atoms with Crippen LogP contribution in [0.3, 0.4) is 0 Å². The van der Waals surface area contributed by atoms with Crippen molar-refractivity contribution in [2.45, 2.75) is 22.0 Å². The van der Waals surface area contributed by atoms with Crippen molar-refractivity contribution >= 4 is 26.4 Å². The molecule has 2 N–H and O–H groups in total. The first-order valence-corrected chi connectivity index (χ1v) is 11.5. The van der Waals surface area contributed by atoms with E-state index in [9.17, 15) is 22.3 Å². The van der Waals surface area contributed by atoms with Gasteiger partial charge in [-0.1, -0.05) is 18.2 Å². The lowest BCUT2D eigenvalue weighted by molar-refractivity contribution is -0.145. The lowest BCUT2D eigenvalue weighted by Crippen LogP contribution is -2.16. The van der Waals surface area contributed by atoms with E-state index in [1.54, 1.807) is 25.1 Å². The molecule has 0 radical (unpaired) electrons. The maximum absolute atomic E-state index is 13.0.